The molecule has 1 N–H and O–H groups in total. The first-order valence-corrected chi connectivity index (χ1v) is 6.70. The summed E-state index contributed by atoms with van der Waals surface area (Å²) in [4.78, 5) is 27.4. The average molecular weight is 336 g/mol. The van der Waals surface area contributed by atoms with Crippen molar-refractivity contribution >= 4 is 11.9 Å². The van der Waals surface area contributed by atoms with E-state index in [2.05, 4.69) is 10.3 Å². The Morgan fingerprint density at radius 3 is 2.48 bits per heavy atom. The average Bonchev–Trinajstić information content (AvgIpc) is 2.59. The van der Waals surface area contributed by atoms with Gasteiger partial charge in [0, 0.05) is 12.4 Å². The maximum absolute atomic E-state index is 11.8. The Kier molecular flexibility index (Phi) is 7.56. The molecular formula is C16H16ClN2O4-. The Morgan fingerprint density at radius 2 is 1.87 bits per heavy atom. The van der Waals surface area contributed by atoms with E-state index in [1.54, 1.807) is 49.7 Å². The van der Waals surface area contributed by atoms with Crippen molar-refractivity contribution in [3.63, 3.8) is 0 Å². The molecule has 7 heteroatoms. The third-order valence-corrected chi connectivity index (χ3v) is 2.87. The maximum Gasteiger partial charge on any atom is 0.338 e. The number of nitrogens with one attached hydrogen (secondary N) is 1. The predicted molar refractivity (Wildman–Crippen MR) is 79.8 cm³/mol. The van der Waals surface area contributed by atoms with Crippen LogP contribution in [-0.4, -0.2) is 37.1 Å². The minimum Gasteiger partial charge on any atom is -1.00 e. The third kappa shape index (κ3) is 5.60. The fourth-order valence-corrected chi connectivity index (χ4v) is 1.72. The third-order valence-electron chi connectivity index (χ3n) is 2.87. The van der Waals surface area contributed by atoms with Crippen LogP contribution in [0.2, 0.25) is 0 Å². The van der Waals surface area contributed by atoms with Crippen molar-refractivity contribution in [1.82, 2.24) is 10.3 Å². The lowest BCUT2D eigenvalue weighted by Gasteiger charge is -2.07. The lowest BCUT2D eigenvalue weighted by atomic mass is 10.2. The standard InChI is InChI=1S/C16H16N2O4.ClH/c1-21-14-6-4-12(5-7-14)16(20)22-10-9-18-15(19)13-3-2-8-17-11-13;/h2-8,11H,9-10H2,1H3,(H,18,19);1H/p-1. The Bertz CT molecular complexity index is 632. The Hall–Kier alpha value is -2.60. The van der Waals surface area contributed by atoms with Gasteiger partial charge in [-0.15, -0.1) is 0 Å². The highest BCUT2D eigenvalue weighted by Crippen LogP contribution is 2.11. The van der Waals surface area contributed by atoms with E-state index in [-0.39, 0.29) is 31.5 Å². The fraction of sp³-hybridized carbons (Fsp3) is 0.188. The molecule has 23 heavy (non-hydrogen) atoms. The number of pyridine rings is 1. The highest BCUT2D eigenvalue weighted by Gasteiger charge is 2.08. The van der Waals surface area contributed by atoms with Gasteiger partial charge in [-0.1, -0.05) is 0 Å². The van der Waals surface area contributed by atoms with Crippen LogP contribution in [-0.2, 0) is 4.74 Å². The number of rotatable bonds is 6. The van der Waals surface area contributed by atoms with Gasteiger partial charge in [0.2, 0.25) is 0 Å². The van der Waals surface area contributed by atoms with Crippen LogP contribution in [0.3, 0.4) is 0 Å². The summed E-state index contributed by atoms with van der Waals surface area (Å²) >= 11 is 0. The number of aromatic nitrogens is 1. The van der Waals surface area contributed by atoms with Gasteiger partial charge in [0.05, 0.1) is 24.8 Å². The molecular weight excluding hydrogens is 320 g/mol. The number of halogens is 1. The van der Waals surface area contributed by atoms with Crippen molar-refractivity contribution in [2.24, 2.45) is 0 Å². The predicted octanol–water partition coefficient (Wildman–Crippen LogP) is -1.32. The Balaban J connectivity index is 0.00000264. The molecule has 0 saturated heterocycles. The molecule has 1 heterocycles. The first-order chi connectivity index (χ1) is 10.7. The molecule has 122 valence electrons. The largest absolute Gasteiger partial charge is 1.00 e. The number of ether oxygens (including phenoxy) is 2. The molecule has 2 rings (SSSR count). The quantitative estimate of drug-likeness (QED) is 0.523. The molecule has 0 aliphatic heterocycles. The Labute approximate surface area is 140 Å². The normalized spacial score (nSPS) is 9.43. The summed E-state index contributed by atoms with van der Waals surface area (Å²) in [5, 5.41) is 2.65. The van der Waals surface area contributed by atoms with Gasteiger partial charge in [-0.05, 0) is 36.4 Å². The lowest BCUT2D eigenvalue weighted by Crippen LogP contribution is -3.00. The monoisotopic (exact) mass is 335 g/mol. The second-order valence-corrected chi connectivity index (χ2v) is 4.36. The number of benzene rings is 1. The zero-order chi connectivity index (χ0) is 15.8. The molecule has 1 aromatic carbocycles. The van der Waals surface area contributed by atoms with Gasteiger partial charge in [-0.3, -0.25) is 9.78 Å². The van der Waals surface area contributed by atoms with E-state index in [1.165, 1.54) is 6.20 Å². The van der Waals surface area contributed by atoms with Crippen molar-refractivity contribution < 1.29 is 31.5 Å². The highest BCUT2D eigenvalue weighted by atomic mass is 35.5. The molecule has 0 aliphatic rings. The van der Waals surface area contributed by atoms with Gasteiger partial charge in [-0.2, -0.15) is 0 Å². The second kappa shape index (κ2) is 9.42. The lowest BCUT2D eigenvalue weighted by molar-refractivity contribution is -0.0000288. The minimum atomic E-state index is -0.446. The molecule has 1 amide bonds. The van der Waals surface area contributed by atoms with Crippen LogP contribution in [0.4, 0.5) is 0 Å². The van der Waals surface area contributed by atoms with E-state index in [9.17, 15) is 9.59 Å². The van der Waals surface area contributed by atoms with E-state index in [0.717, 1.165) is 0 Å². The number of hydrogen-bond donors (Lipinski definition) is 1. The van der Waals surface area contributed by atoms with Crippen LogP contribution < -0.4 is 22.5 Å². The molecule has 0 fully saturated rings. The summed E-state index contributed by atoms with van der Waals surface area (Å²) in [6.45, 7) is 0.326. The van der Waals surface area contributed by atoms with E-state index in [4.69, 9.17) is 9.47 Å². The topological polar surface area (TPSA) is 77.5 Å². The molecule has 0 unspecified atom stereocenters. The van der Waals surface area contributed by atoms with Gasteiger partial charge < -0.3 is 27.2 Å². The summed E-state index contributed by atoms with van der Waals surface area (Å²) < 4.78 is 10.1. The highest BCUT2D eigenvalue weighted by molar-refractivity contribution is 5.93. The molecule has 0 radical (unpaired) electrons. The minimum absolute atomic E-state index is 0. The number of methoxy groups -OCH3 is 1. The van der Waals surface area contributed by atoms with Crippen LogP contribution in [0.15, 0.2) is 48.8 Å². The first kappa shape index (κ1) is 18.4. The van der Waals surface area contributed by atoms with Crippen LogP contribution in [0.1, 0.15) is 20.7 Å². The van der Waals surface area contributed by atoms with E-state index >= 15 is 0 Å². The van der Waals surface area contributed by atoms with Gasteiger partial charge in [-0.25, -0.2) is 4.79 Å². The summed E-state index contributed by atoms with van der Waals surface area (Å²) in [6, 6.07) is 9.94. The molecule has 0 bridgehead atoms. The first-order valence-electron chi connectivity index (χ1n) is 6.70. The molecule has 0 atom stereocenters. The number of amides is 1. The summed E-state index contributed by atoms with van der Waals surface area (Å²) in [5.74, 6) is -0.0350. The van der Waals surface area contributed by atoms with Crippen molar-refractivity contribution in [2.45, 2.75) is 0 Å². The van der Waals surface area contributed by atoms with Gasteiger partial charge in [0.1, 0.15) is 12.4 Å². The summed E-state index contributed by atoms with van der Waals surface area (Å²) in [6.07, 6.45) is 3.06. The van der Waals surface area contributed by atoms with Gasteiger partial charge in [0.15, 0.2) is 0 Å². The van der Waals surface area contributed by atoms with Crippen molar-refractivity contribution in [1.29, 1.82) is 0 Å². The maximum atomic E-state index is 11.8. The van der Waals surface area contributed by atoms with Gasteiger partial charge in [0.25, 0.3) is 5.91 Å². The number of nitrogens with zero attached hydrogens (tertiary/aromatic N) is 1. The molecule has 0 saturated carbocycles. The molecule has 1 aromatic heterocycles. The van der Waals surface area contributed by atoms with Crippen LogP contribution >= 0.6 is 0 Å². The van der Waals surface area contributed by atoms with Crippen molar-refractivity contribution in [2.75, 3.05) is 20.3 Å². The summed E-state index contributed by atoms with van der Waals surface area (Å²) in [7, 11) is 1.55. The molecule has 2 aromatic rings. The molecule has 0 spiro atoms. The van der Waals surface area contributed by atoms with E-state index in [0.29, 0.717) is 16.9 Å². The zero-order valence-corrected chi connectivity index (χ0v) is 13.2. The Morgan fingerprint density at radius 1 is 1.13 bits per heavy atom. The van der Waals surface area contributed by atoms with E-state index < -0.39 is 5.97 Å². The van der Waals surface area contributed by atoms with Crippen molar-refractivity contribution in [3.05, 3.63) is 59.9 Å². The smallest absolute Gasteiger partial charge is 0.338 e. The van der Waals surface area contributed by atoms with Crippen LogP contribution in [0.5, 0.6) is 5.75 Å². The number of carbonyl (C=O) groups is 2. The number of esters is 1. The number of carbonyl (C=O) groups excluding carboxylic acids is 2. The number of hydrogen-bond acceptors (Lipinski definition) is 5. The van der Waals surface area contributed by atoms with Crippen molar-refractivity contribution in [3.8, 4) is 5.75 Å². The molecule has 6 nitrogen and oxygen atoms in total. The SMILES string of the molecule is COc1ccc(C(=O)OCCNC(=O)c2cccnc2)cc1.[Cl-]. The second-order valence-electron chi connectivity index (χ2n) is 4.36. The van der Waals surface area contributed by atoms with Gasteiger partial charge >= 0.3 is 5.97 Å². The van der Waals surface area contributed by atoms with E-state index in [1.807, 2.05) is 0 Å². The molecule has 0 aliphatic carbocycles. The van der Waals surface area contributed by atoms with Crippen LogP contribution in [0.25, 0.3) is 0 Å². The summed E-state index contributed by atoms with van der Waals surface area (Å²) in [5.41, 5.74) is 0.892. The fourth-order valence-electron chi connectivity index (χ4n) is 1.72. The van der Waals surface area contributed by atoms with Crippen LogP contribution in [0, 0.1) is 0 Å². The zero-order valence-electron chi connectivity index (χ0n) is 12.5.